The molecule has 2 heterocycles. The number of hydrogen-bond acceptors (Lipinski definition) is 5. The van der Waals surface area contributed by atoms with E-state index in [1.54, 1.807) is 12.1 Å². The van der Waals surface area contributed by atoms with Crippen LogP contribution in [0.2, 0.25) is 0 Å². The van der Waals surface area contributed by atoms with Gasteiger partial charge in [-0.1, -0.05) is 24.3 Å². The molecule has 2 fully saturated rings. The maximum absolute atomic E-state index is 12.8. The topological polar surface area (TPSA) is 65.0 Å². The Morgan fingerprint density at radius 3 is 2.59 bits per heavy atom. The Labute approximate surface area is 159 Å². The number of phenolic OH excluding ortho intramolecular Hbond substituents is 1. The Morgan fingerprint density at radius 2 is 1.78 bits per heavy atom. The second-order valence-electron chi connectivity index (χ2n) is 7.39. The van der Waals surface area contributed by atoms with E-state index >= 15 is 0 Å². The number of carbonyl (C=O) groups excluding carboxylic acids is 1. The summed E-state index contributed by atoms with van der Waals surface area (Å²) >= 11 is 0. The van der Waals surface area contributed by atoms with Crippen LogP contribution in [0, 0.1) is 0 Å². The summed E-state index contributed by atoms with van der Waals surface area (Å²) in [6, 6.07) is 11.0. The maximum Gasteiger partial charge on any atom is 0.252 e. The SMILES string of the molecule is O=C(NC1CCN(CCN2CCOCC2)C1)c1ccc(O)c2ccccc12. The lowest BCUT2D eigenvalue weighted by Gasteiger charge is -2.28. The third-order valence-electron chi connectivity index (χ3n) is 5.59. The van der Waals surface area contributed by atoms with E-state index in [1.165, 1.54) is 0 Å². The van der Waals surface area contributed by atoms with Crippen molar-refractivity contribution in [1.29, 1.82) is 0 Å². The molecule has 4 rings (SSSR count). The second-order valence-corrected chi connectivity index (χ2v) is 7.39. The average molecular weight is 369 g/mol. The summed E-state index contributed by atoms with van der Waals surface area (Å²) in [5, 5.41) is 14.7. The molecule has 2 saturated heterocycles. The van der Waals surface area contributed by atoms with E-state index < -0.39 is 0 Å². The molecule has 0 radical (unpaired) electrons. The standard InChI is InChI=1S/C21H27N3O3/c25-20-6-5-19(17-3-1-2-4-18(17)20)21(26)22-16-7-8-24(15-16)10-9-23-11-13-27-14-12-23/h1-6,16,25H,7-15H2,(H,22,26). The molecular weight excluding hydrogens is 342 g/mol. The highest BCUT2D eigenvalue weighted by atomic mass is 16.5. The molecular formula is C21H27N3O3. The van der Waals surface area contributed by atoms with Crippen LogP contribution in [-0.2, 0) is 4.74 Å². The van der Waals surface area contributed by atoms with E-state index in [2.05, 4.69) is 15.1 Å². The average Bonchev–Trinajstić information content (AvgIpc) is 3.15. The van der Waals surface area contributed by atoms with Gasteiger partial charge in [0.2, 0.25) is 0 Å². The molecule has 0 aromatic heterocycles. The number of fused-ring (bicyclic) bond motifs is 1. The lowest BCUT2D eigenvalue weighted by molar-refractivity contribution is 0.0343. The third kappa shape index (κ3) is 4.24. The predicted molar refractivity (Wildman–Crippen MR) is 105 cm³/mol. The number of amides is 1. The van der Waals surface area contributed by atoms with Crippen LogP contribution in [-0.4, -0.2) is 79.3 Å². The lowest BCUT2D eigenvalue weighted by atomic mass is 10.0. The third-order valence-corrected chi connectivity index (χ3v) is 5.59. The molecule has 2 aliphatic rings. The van der Waals surface area contributed by atoms with Gasteiger partial charge in [0.25, 0.3) is 5.91 Å². The van der Waals surface area contributed by atoms with Gasteiger partial charge in [-0.3, -0.25) is 14.6 Å². The normalized spacial score (nSPS) is 21.6. The number of phenols is 1. The number of hydrogen-bond donors (Lipinski definition) is 2. The number of nitrogens with zero attached hydrogens (tertiary/aromatic N) is 2. The first-order chi connectivity index (χ1) is 13.2. The minimum Gasteiger partial charge on any atom is -0.507 e. The van der Waals surface area contributed by atoms with Gasteiger partial charge >= 0.3 is 0 Å². The summed E-state index contributed by atoms with van der Waals surface area (Å²) in [5.74, 6) is 0.142. The fourth-order valence-electron chi connectivity index (χ4n) is 4.01. The lowest BCUT2D eigenvalue weighted by Crippen LogP contribution is -2.42. The number of morpholine rings is 1. The number of ether oxygens (including phenoxy) is 1. The van der Waals surface area contributed by atoms with Crippen LogP contribution in [0.1, 0.15) is 16.8 Å². The van der Waals surface area contributed by atoms with Gasteiger partial charge < -0.3 is 15.2 Å². The number of aromatic hydroxyl groups is 1. The molecule has 0 saturated carbocycles. The molecule has 144 valence electrons. The predicted octanol–water partition coefficient (Wildman–Crippen LogP) is 1.68. The molecule has 6 nitrogen and oxygen atoms in total. The van der Waals surface area contributed by atoms with E-state index in [0.717, 1.165) is 64.3 Å². The summed E-state index contributed by atoms with van der Waals surface area (Å²) in [4.78, 5) is 17.7. The Morgan fingerprint density at radius 1 is 1.04 bits per heavy atom. The van der Waals surface area contributed by atoms with Crippen molar-refractivity contribution in [2.75, 3.05) is 52.5 Å². The van der Waals surface area contributed by atoms with Crippen LogP contribution in [0.3, 0.4) is 0 Å². The fraction of sp³-hybridized carbons (Fsp3) is 0.476. The van der Waals surface area contributed by atoms with Crippen molar-refractivity contribution in [3.8, 4) is 5.75 Å². The maximum atomic E-state index is 12.8. The molecule has 1 unspecified atom stereocenters. The molecule has 6 heteroatoms. The van der Waals surface area contributed by atoms with Crippen LogP contribution in [0.4, 0.5) is 0 Å². The van der Waals surface area contributed by atoms with Crippen LogP contribution >= 0.6 is 0 Å². The van der Waals surface area contributed by atoms with E-state index in [0.29, 0.717) is 10.9 Å². The summed E-state index contributed by atoms with van der Waals surface area (Å²) < 4.78 is 5.39. The van der Waals surface area contributed by atoms with Gasteiger partial charge in [0.05, 0.1) is 13.2 Å². The highest BCUT2D eigenvalue weighted by Gasteiger charge is 2.25. The van der Waals surface area contributed by atoms with Crippen LogP contribution in [0.25, 0.3) is 10.8 Å². The van der Waals surface area contributed by atoms with Crippen molar-refractivity contribution < 1.29 is 14.6 Å². The highest BCUT2D eigenvalue weighted by molar-refractivity contribution is 6.08. The number of rotatable bonds is 5. The Bertz CT molecular complexity index is 804. The summed E-state index contributed by atoms with van der Waals surface area (Å²) in [6.07, 6.45) is 0.977. The zero-order valence-electron chi connectivity index (χ0n) is 15.6. The van der Waals surface area contributed by atoms with E-state index in [4.69, 9.17) is 4.74 Å². The van der Waals surface area contributed by atoms with Crippen LogP contribution < -0.4 is 5.32 Å². The molecule has 2 aromatic carbocycles. The van der Waals surface area contributed by atoms with E-state index in [9.17, 15) is 9.90 Å². The summed E-state index contributed by atoms with van der Waals surface area (Å²) in [7, 11) is 0. The Hall–Kier alpha value is -2.15. The van der Waals surface area contributed by atoms with Crippen molar-refractivity contribution in [2.24, 2.45) is 0 Å². The number of nitrogens with one attached hydrogen (secondary N) is 1. The summed E-state index contributed by atoms with van der Waals surface area (Å²) in [6.45, 7) is 7.71. The minimum absolute atomic E-state index is 0.0637. The van der Waals surface area contributed by atoms with Gasteiger partial charge in [-0.2, -0.15) is 0 Å². The molecule has 27 heavy (non-hydrogen) atoms. The molecule has 1 atom stereocenters. The van der Waals surface area contributed by atoms with Crippen LogP contribution in [0.5, 0.6) is 5.75 Å². The minimum atomic E-state index is -0.0637. The van der Waals surface area contributed by atoms with Crippen molar-refractivity contribution in [2.45, 2.75) is 12.5 Å². The molecule has 2 aromatic rings. The number of likely N-dealkylation sites (tertiary alicyclic amines) is 1. The molecule has 2 N–H and O–H groups in total. The van der Waals surface area contributed by atoms with Gasteiger partial charge in [0, 0.05) is 56.3 Å². The second kappa shape index (κ2) is 8.25. The molecule has 1 amide bonds. The van der Waals surface area contributed by atoms with Gasteiger partial charge in [-0.15, -0.1) is 0 Å². The smallest absolute Gasteiger partial charge is 0.252 e. The van der Waals surface area contributed by atoms with Crippen molar-refractivity contribution in [3.63, 3.8) is 0 Å². The van der Waals surface area contributed by atoms with Crippen molar-refractivity contribution >= 4 is 16.7 Å². The van der Waals surface area contributed by atoms with Crippen molar-refractivity contribution in [3.05, 3.63) is 42.0 Å². The van der Waals surface area contributed by atoms with Crippen molar-refractivity contribution in [1.82, 2.24) is 15.1 Å². The van der Waals surface area contributed by atoms with Gasteiger partial charge in [-0.05, 0) is 23.9 Å². The fourth-order valence-corrected chi connectivity index (χ4v) is 4.01. The monoisotopic (exact) mass is 369 g/mol. The number of carbonyl (C=O) groups is 1. The van der Waals surface area contributed by atoms with Gasteiger partial charge in [-0.25, -0.2) is 0 Å². The molecule has 0 spiro atoms. The molecule has 2 aliphatic heterocycles. The van der Waals surface area contributed by atoms with E-state index in [-0.39, 0.29) is 17.7 Å². The van der Waals surface area contributed by atoms with Crippen LogP contribution in [0.15, 0.2) is 36.4 Å². The Kier molecular flexibility index (Phi) is 5.57. The zero-order valence-corrected chi connectivity index (χ0v) is 15.6. The molecule has 0 aliphatic carbocycles. The first kappa shape index (κ1) is 18.2. The quantitative estimate of drug-likeness (QED) is 0.840. The zero-order chi connectivity index (χ0) is 18.6. The van der Waals surface area contributed by atoms with Gasteiger partial charge in [0.15, 0.2) is 0 Å². The summed E-state index contributed by atoms with van der Waals surface area (Å²) in [5.41, 5.74) is 0.621. The highest BCUT2D eigenvalue weighted by Crippen LogP contribution is 2.27. The molecule has 0 bridgehead atoms. The first-order valence-corrected chi connectivity index (χ1v) is 9.75. The number of benzene rings is 2. The van der Waals surface area contributed by atoms with E-state index in [1.807, 2.05) is 24.3 Å². The largest absolute Gasteiger partial charge is 0.507 e. The first-order valence-electron chi connectivity index (χ1n) is 9.75. The van der Waals surface area contributed by atoms with Gasteiger partial charge in [0.1, 0.15) is 5.75 Å². The Balaban J connectivity index is 1.33.